The van der Waals surface area contributed by atoms with Crippen molar-refractivity contribution < 1.29 is 18.6 Å². The van der Waals surface area contributed by atoms with Gasteiger partial charge in [0.1, 0.15) is 24.3 Å². The van der Waals surface area contributed by atoms with E-state index in [2.05, 4.69) is 0 Å². The van der Waals surface area contributed by atoms with E-state index < -0.39 is 6.29 Å². The molecule has 1 aromatic carbocycles. The maximum Gasteiger partial charge on any atom is 0.188 e. The molecule has 0 amide bonds. The molecule has 3 rings (SSSR count). The van der Waals surface area contributed by atoms with Gasteiger partial charge in [0.05, 0.1) is 12.2 Å². The molecule has 2 heterocycles. The monoisotopic (exact) mass is 196 g/mol. The molecule has 0 saturated carbocycles. The van der Waals surface area contributed by atoms with Gasteiger partial charge in [-0.15, -0.1) is 0 Å². The average molecular weight is 196 g/mol. The zero-order valence-electron chi connectivity index (χ0n) is 7.40. The van der Waals surface area contributed by atoms with E-state index >= 15 is 0 Å². The van der Waals surface area contributed by atoms with Crippen molar-refractivity contribution in [1.82, 2.24) is 0 Å². The molecular weight excluding hydrogens is 187 g/mol. The minimum Gasteiger partial charge on any atom is -0.490 e. The highest BCUT2D eigenvalue weighted by Gasteiger charge is 2.33. The predicted molar refractivity (Wildman–Crippen MR) is 45.5 cm³/mol. The normalized spacial score (nSPS) is 29.2. The maximum atomic E-state index is 13.0. The Kier molecular flexibility index (Phi) is 1.72. The molecule has 4 heteroatoms. The van der Waals surface area contributed by atoms with Crippen LogP contribution >= 0.6 is 0 Å². The van der Waals surface area contributed by atoms with Gasteiger partial charge in [-0.05, 0) is 18.2 Å². The molecule has 0 spiro atoms. The number of benzene rings is 1. The third-order valence-corrected chi connectivity index (χ3v) is 2.40. The Hall–Kier alpha value is -1.13. The van der Waals surface area contributed by atoms with Crippen molar-refractivity contribution in [1.29, 1.82) is 0 Å². The lowest BCUT2D eigenvalue weighted by molar-refractivity contribution is -0.0580. The predicted octanol–water partition coefficient (Wildman–Crippen LogP) is 1.63. The first-order valence-corrected chi connectivity index (χ1v) is 4.52. The number of ether oxygens (including phenoxy) is 3. The molecule has 74 valence electrons. The van der Waals surface area contributed by atoms with Crippen LogP contribution in [-0.4, -0.2) is 19.3 Å². The van der Waals surface area contributed by atoms with E-state index in [1.807, 2.05) is 0 Å². The van der Waals surface area contributed by atoms with Gasteiger partial charge in [-0.3, -0.25) is 0 Å². The molecule has 2 aliphatic rings. The van der Waals surface area contributed by atoms with E-state index in [4.69, 9.17) is 14.2 Å². The summed E-state index contributed by atoms with van der Waals surface area (Å²) in [6.07, 6.45) is -0.497. The van der Waals surface area contributed by atoms with Gasteiger partial charge in [-0.25, -0.2) is 4.39 Å². The molecule has 0 aliphatic carbocycles. The summed E-state index contributed by atoms with van der Waals surface area (Å²) < 4.78 is 29.3. The Morgan fingerprint density at radius 1 is 1.29 bits per heavy atom. The third-order valence-electron chi connectivity index (χ3n) is 2.40. The Morgan fingerprint density at radius 2 is 2.21 bits per heavy atom. The van der Waals surface area contributed by atoms with Gasteiger partial charge in [0, 0.05) is 0 Å². The minimum atomic E-state index is -0.465. The smallest absolute Gasteiger partial charge is 0.188 e. The fourth-order valence-electron chi connectivity index (χ4n) is 1.72. The lowest BCUT2D eigenvalue weighted by Crippen LogP contribution is -2.18. The van der Waals surface area contributed by atoms with Crippen LogP contribution in [0.1, 0.15) is 11.9 Å². The fraction of sp³-hybridized carbons (Fsp3) is 0.400. The Labute approximate surface area is 80.4 Å². The SMILES string of the molecule is Fc1ccc2c(c1)C1OCC(CO2)O1. The zero-order chi connectivity index (χ0) is 9.54. The highest BCUT2D eigenvalue weighted by molar-refractivity contribution is 5.36. The van der Waals surface area contributed by atoms with Crippen molar-refractivity contribution >= 4 is 0 Å². The number of rotatable bonds is 0. The van der Waals surface area contributed by atoms with Gasteiger partial charge in [-0.1, -0.05) is 0 Å². The van der Waals surface area contributed by atoms with Crippen LogP contribution in [0.4, 0.5) is 4.39 Å². The summed E-state index contributed by atoms with van der Waals surface area (Å²) in [5.41, 5.74) is 0.644. The average Bonchev–Trinajstić information content (AvgIpc) is 2.56. The molecular formula is C10H9FO3. The quantitative estimate of drug-likeness (QED) is 0.631. The molecule has 0 radical (unpaired) electrons. The summed E-state index contributed by atoms with van der Waals surface area (Å²) in [5.74, 6) is 0.350. The second-order valence-electron chi connectivity index (χ2n) is 3.42. The van der Waals surface area contributed by atoms with Crippen LogP contribution in [0.15, 0.2) is 18.2 Å². The molecule has 3 nitrogen and oxygen atoms in total. The molecule has 1 fully saturated rings. The first kappa shape index (κ1) is 8.20. The molecule has 0 aromatic heterocycles. The van der Waals surface area contributed by atoms with E-state index in [1.165, 1.54) is 12.1 Å². The first-order chi connectivity index (χ1) is 6.83. The number of fused-ring (bicyclic) bond motifs is 4. The number of halogens is 1. The van der Waals surface area contributed by atoms with Crippen LogP contribution in [0.3, 0.4) is 0 Å². The summed E-state index contributed by atoms with van der Waals surface area (Å²) in [5, 5.41) is 0. The number of hydrogen-bond acceptors (Lipinski definition) is 3. The van der Waals surface area contributed by atoms with Crippen molar-refractivity contribution in [2.24, 2.45) is 0 Å². The summed E-state index contributed by atoms with van der Waals surface area (Å²) in [7, 11) is 0. The number of hydrogen-bond donors (Lipinski definition) is 0. The highest BCUT2D eigenvalue weighted by Crippen LogP contribution is 2.36. The van der Waals surface area contributed by atoms with Crippen LogP contribution < -0.4 is 4.74 Å². The molecule has 1 aromatic rings. The lowest BCUT2D eigenvalue weighted by Gasteiger charge is -2.12. The Bertz CT molecular complexity index is 366. The van der Waals surface area contributed by atoms with Crippen molar-refractivity contribution in [2.75, 3.05) is 13.2 Å². The fourth-order valence-corrected chi connectivity index (χ4v) is 1.72. The van der Waals surface area contributed by atoms with Crippen LogP contribution in [0.2, 0.25) is 0 Å². The Balaban J connectivity index is 2.08. The van der Waals surface area contributed by atoms with Gasteiger partial charge in [0.2, 0.25) is 0 Å². The molecule has 2 bridgehead atoms. The first-order valence-electron chi connectivity index (χ1n) is 4.52. The third kappa shape index (κ3) is 1.19. The van der Waals surface area contributed by atoms with Crippen LogP contribution in [0, 0.1) is 5.82 Å². The molecule has 0 N–H and O–H groups in total. The van der Waals surface area contributed by atoms with Crippen molar-refractivity contribution in [3.05, 3.63) is 29.6 Å². The summed E-state index contributed by atoms with van der Waals surface area (Å²) in [6.45, 7) is 0.982. The second kappa shape index (κ2) is 2.93. The highest BCUT2D eigenvalue weighted by atomic mass is 19.1. The zero-order valence-corrected chi connectivity index (χ0v) is 7.40. The van der Waals surface area contributed by atoms with Crippen molar-refractivity contribution in [2.45, 2.75) is 12.4 Å². The minimum absolute atomic E-state index is 0.0320. The van der Waals surface area contributed by atoms with E-state index in [9.17, 15) is 4.39 Å². The van der Waals surface area contributed by atoms with E-state index in [-0.39, 0.29) is 11.9 Å². The van der Waals surface area contributed by atoms with Gasteiger partial charge >= 0.3 is 0 Å². The van der Waals surface area contributed by atoms with E-state index in [0.717, 1.165) is 0 Å². The molecule has 2 aliphatic heterocycles. The lowest BCUT2D eigenvalue weighted by atomic mass is 10.2. The topological polar surface area (TPSA) is 27.7 Å². The second-order valence-corrected chi connectivity index (χ2v) is 3.42. The molecule has 1 saturated heterocycles. The van der Waals surface area contributed by atoms with Gasteiger partial charge in [-0.2, -0.15) is 0 Å². The van der Waals surface area contributed by atoms with Gasteiger partial charge in [0.15, 0.2) is 6.29 Å². The molecule has 2 atom stereocenters. The largest absolute Gasteiger partial charge is 0.490 e. The Morgan fingerprint density at radius 3 is 3.14 bits per heavy atom. The van der Waals surface area contributed by atoms with Crippen LogP contribution in [0.5, 0.6) is 5.75 Å². The summed E-state index contributed by atoms with van der Waals surface area (Å²) >= 11 is 0. The van der Waals surface area contributed by atoms with Crippen molar-refractivity contribution in [3.8, 4) is 5.75 Å². The molecule has 2 unspecified atom stereocenters. The van der Waals surface area contributed by atoms with Crippen LogP contribution in [0.25, 0.3) is 0 Å². The standard InChI is InChI=1S/C10H9FO3/c11-6-1-2-9-8(3-6)10-13-5-7(14-10)4-12-9/h1-3,7,10H,4-5H2. The molecule has 14 heavy (non-hydrogen) atoms. The van der Waals surface area contributed by atoms with Crippen molar-refractivity contribution in [3.63, 3.8) is 0 Å². The maximum absolute atomic E-state index is 13.0. The summed E-state index contributed by atoms with van der Waals surface area (Å²) in [4.78, 5) is 0. The van der Waals surface area contributed by atoms with E-state index in [1.54, 1.807) is 6.07 Å². The summed E-state index contributed by atoms with van der Waals surface area (Å²) in [6, 6.07) is 4.38. The van der Waals surface area contributed by atoms with Crippen LogP contribution in [-0.2, 0) is 9.47 Å². The van der Waals surface area contributed by atoms with Gasteiger partial charge in [0.25, 0.3) is 0 Å². The van der Waals surface area contributed by atoms with E-state index in [0.29, 0.717) is 24.5 Å². The van der Waals surface area contributed by atoms with Gasteiger partial charge < -0.3 is 14.2 Å².